The number of imide groups is 1. The molecule has 7 rings (SSSR count). The minimum absolute atomic E-state index is 0.123. The topological polar surface area (TPSA) is 148 Å². The normalized spacial score (nSPS) is 17.4. The number of pyridine rings is 2. The van der Waals surface area contributed by atoms with Crippen molar-refractivity contribution in [2.45, 2.75) is 64.6 Å². The van der Waals surface area contributed by atoms with Gasteiger partial charge in [-0.2, -0.15) is 10.1 Å². The standard InChI is InChI=1S/C39H38N8O5/c1-25(46(26(2)48)47-36(49)14-15-37(47)50)6-3-4-19-45-38(51)33(29-9-8-27-7-5-17-41-34(27)20-29)21-35(43-45)28-10-12-32(13-11-28)42-39(52)44-23-30-16-18-40-22-31(30)24-44/h5,7-18,20,22,25,33H,3-4,6,19,21,23-24H2,1-2H3,(H,42,52). The first-order valence-corrected chi connectivity index (χ1v) is 17.3. The van der Waals surface area contributed by atoms with Crippen molar-refractivity contribution < 1.29 is 24.0 Å². The van der Waals surface area contributed by atoms with E-state index in [1.54, 1.807) is 30.4 Å². The number of rotatable bonds is 10. The van der Waals surface area contributed by atoms with Crippen LogP contribution in [0.1, 0.15) is 67.7 Å². The van der Waals surface area contributed by atoms with E-state index in [9.17, 15) is 24.0 Å². The molecule has 2 aromatic carbocycles. The lowest BCUT2D eigenvalue weighted by atomic mass is 9.88. The van der Waals surface area contributed by atoms with Gasteiger partial charge in [0.05, 0.1) is 23.2 Å². The molecule has 2 unspecified atom stereocenters. The molecule has 52 heavy (non-hydrogen) atoms. The van der Waals surface area contributed by atoms with Crippen LogP contribution in [0.15, 0.2) is 96.5 Å². The van der Waals surface area contributed by atoms with Crippen molar-refractivity contribution in [2.24, 2.45) is 5.10 Å². The first-order valence-electron chi connectivity index (χ1n) is 17.3. The molecule has 264 valence electrons. The molecule has 0 bridgehead atoms. The van der Waals surface area contributed by atoms with Gasteiger partial charge >= 0.3 is 6.03 Å². The summed E-state index contributed by atoms with van der Waals surface area (Å²) in [7, 11) is 0. The van der Waals surface area contributed by atoms with Gasteiger partial charge in [-0.3, -0.25) is 29.1 Å². The van der Waals surface area contributed by atoms with Crippen LogP contribution in [-0.4, -0.2) is 77.9 Å². The second-order valence-corrected chi connectivity index (χ2v) is 13.3. The van der Waals surface area contributed by atoms with Crippen LogP contribution in [0.4, 0.5) is 10.5 Å². The Balaban J connectivity index is 1.06. The number of aromatic nitrogens is 2. The lowest BCUT2D eigenvalue weighted by molar-refractivity contribution is -0.170. The summed E-state index contributed by atoms with van der Waals surface area (Å²) in [5, 5.41) is 12.4. The van der Waals surface area contributed by atoms with E-state index in [1.165, 1.54) is 16.9 Å². The fourth-order valence-electron chi connectivity index (χ4n) is 6.98. The van der Waals surface area contributed by atoms with Crippen molar-refractivity contribution in [1.29, 1.82) is 0 Å². The zero-order valence-electron chi connectivity index (χ0n) is 28.9. The van der Waals surface area contributed by atoms with Crippen molar-refractivity contribution in [3.05, 3.63) is 114 Å². The molecule has 0 aliphatic carbocycles. The molecule has 5 heterocycles. The summed E-state index contributed by atoms with van der Waals surface area (Å²) in [6.07, 6.45) is 9.63. The van der Waals surface area contributed by atoms with Gasteiger partial charge in [-0.15, -0.1) is 0 Å². The average molecular weight is 699 g/mol. The number of hydrazine groups is 1. The quantitative estimate of drug-likeness (QED) is 0.178. The Hall–Kier alpha value is -6.24. The Morgan fingerprint density at radius 2 is 1.71 bits per heavy atom. The van der Waals surface area contributed by atoms with Crippen LogP contribution in [0, 0.1) is 0 Å². The summed E-state index contributed by atoms with van der Waals surface area (Å²) >= 11 is 0. The Morgan fingerprint density at radius 1 is 0.942 bits per heavy atom. The van der Waals surface area contributed by atoms with E-state index in [0.717, 1.165) is 56.0 Å². The number of anilines is 1. The predicted molar refractivity (Wildman–Crippen MR) is 193 cm³/mol. The lowest BCUT2D eigenvalue weighted by Gasteiger charge is -2.34. The van der Waals surface area contributed by atoms with Crippen LogP contribution in [0.3, 0.4) is 0 Å². The monoisotopic (exact) mass is 698 g/mol. The summed E-state index contributed by atoms with van der Waals surface area (Å²) in [4.78, 5) is 74.4. The molecule has 3 aliphatic rings. The number of nitrogens with zero attached hydrogens (tertiary/aromatic N) is 7. The first kappa shape index (κ1) is 34.2. The van der Waals surface area contributed by atoms with E-state index in [0.29, 0.717) is 51.0 Å². The third kappa shape index (κ3) is 7.02. The number of fused-ring (bicyclic) bond motifs is 2. The molecular weight excluding hydrogens is 660 g/mol. The van der Waals surface area contributed by atoms with E-state index < -0.39 is 29.7 Å². The van der Waals surface area contributed by atoms with Gasteiger partial charge in [-0.25, -0.2) is 14.8 Å². The molecule has 0 saturated carbocycles. The van der Waals surface area contributed by atoms with Gasteiger partial charge in [-0.1, -0.05) is 30.3 Å². The lowest BCUT2D eigenvalue weighted by Crippen LogP contribution is -2.53. The SMILES string of the molecule is CC(=O)N(C(C)CCCCN1N=C(c2ccc(NC(=O)N3Cc4ccncc4C3)cc2)CC(c2ccc3cccnc3c2)C1=O)N1C(=O)C=CC1=O. The Labute approximate surface area is 300 Å². The Bertz CT molecular complexity index is 2090. The fraction of sp³-hybridized carbons (Fsp3) is 0.282. The minimum atomic E-state index is -0.548. The molecule has 4 aromatic rings. The molecule has 0 spiro atoms. The van der Waals surface area contributed by atoms with Crippen LogP contribution in [0.25, 0.3) is 10.9 Å². The van der Waals surface area contributed by atoms with E-state index in [1.807, 2.05) is 60.7 Å². The van der Waals surface area contributed by atoms with E-state index in [4.69, 9.17) is 5.10 Å². The zero-order valence-corrected chi connectivity index (χ0v) is 28.9. The van der Waals surface area contributed by atoms with Crippen LogP contribution >= 0.6 is 0 Å². The summed E-state index contributed by atoms with van der Waals surface area (Å²) < 4.78 is 0. The van der Waals surface area contributed by atoms with Gasteiger partial charge in [-0.05, 0) is 78.8 Å². The van der Waals surface area contributed by atoms with Gasteiger partial charge in [0.1, 0.15) is 0 Å². The van der Waals surface area contributed by atoms with Gasteiger partial charge in [0.25, 0.3) is 17.7 Å². The predicted octanol–water partition coefficient (Wildman–Crippen LogP) is 5.15. The molecule has 13 heteroatoms. The fourth-order valence-corrected chi connectivity index (χ4v) is 6.98. The highest BCUT2D eigenvalue weighted by Gasteiger charge is 2.35. The molecular formula is C39H38N8O5. The van der Waals surface area contributed by atoms with Crippen LogP contribution < -0.4 is 5.32 Å². The van der Waals surface area contributed by atoms with Crippen LogP contribution in [0.5, 0.6) is 0 Å². The average Bonchev–Trinajstić information content (AvgIpc) is 3.73. The highest BCUT2D eigenvalue weighted by Crippen LogP contribution is 2.32. The van der Waals surface area contributed by atoms with Gasteiger partial charge < -0.3 is 10.2 Å². The van der Waals surface area contributed by atoms with Gasteiger partial charge in [0, 0.05) is 74.8 Å². The maximum atomic E-state index is 14.0. The summed E-state index contributed by atoms with van der Waals surface area (Å²) in [5.41, 5.74) is 5.99. The van der Waals surface area contributed by atoms with E-state index >= 15 is 0 Å². The highest BCUT2D eigenvalue weighted by molar-refractivity contribution is 6.13. The third-order valence-electron chi connectivity index (χ3n) is 9.69. The van der Waals surface area contributed by atoms with Crippen molar-refractivity contribution in [1.82, 2.24) is 29.9 Å². The number of amides is 6. The minimum Gasteiger partial charge on any atom is -0.316 e. The molecule has 2 aromatic heterocycles. The molecule has 0 fully saturated rings. The summed E-state index contributed by atoms with van der Waals surface area (Å²) in [5.74, 6) is -2.11. The maximum absolute atomic E-state index is 14.0. The second kappa shape index (κ2) is 14.5. The molecule has 0 saturated heterocycles. The zero-order chi connectivity index (χ0) is 36.4. The van der Waals surface area contributed by atoms with Crippen molar-refractivity contribution in [3.63, 3.8) is 0 Å². The number of hydrogen-bond acceptors (Lipinski definition) is 8. The number of carbonyl (C=O) groups is 5. The number of urea groups is 1. The summed E-state index contributed by atoms with van der Waals surface area (Å²) in [6.45, 7) is 4.48. The second-order valence-electron chi connectivity index (χ2n) is 13.3. The molecule has 3 aliphatic heterocycles. The molecule has 13 nitrogen and oxygen atoms in total. The van der Waals surface area contributed by atoms with Crippen molar-refractivity contribution >= 4 is 52.0 Å². The van der Waals surface area contributed by atoms with E-state index in [2.05, 4.69) is 15.3 Å². The smallest absolute Gasteiger partial charge is 0.316 e. The van der Waals surface area contributed by atoms with Crippen LogP contribution in [0.2, 0.25) is 0 Å². The molecule has 2 atom stereocenters. The number of hydrazone groups is 1. The largest absolute Gasteiger partial charge is 0.322 e. The number of unbranched alkanes of at least 4 members (excludes halogenated alkanes) is 1. The molecule has 6 amide bonds. The van der Waals surface area contributed by atoms with Crippen molar-refractivity contribution in [2.75, 3.05) is 11.9 Å². The Morgan fingerprint density at radius 3 is 2.46 bits per heavy atom. The van der Waals surface area contributed by atoms with Crippen molar-refractivity contribution in [3.8, 4) is 0 Å². The van der Waals surface area contributed by atoms with Gasteiger partial charge in [0.15, 0.2) is 0 Å². The number of carbonyl (C=O) groups excluding carboxylic acids is 5. The maximum Gasteiger partial charge on any atom is 0.322 e. The summed E-state index contributed by atoms with van der Waals surface area (Å²) in [6, 6.07) is 18.5. The van der Waals surface area contributed by atoms with Gasteiger partial charge in [0.2, 0.25) is 5.91 Å². The molecule has 1 N–H and O–H groups in total. The Kier molecular flexibility index (Phi) is 9.57. The first-order chi connectivity index (χ1) is 25.2. The number of benzene rings is 2. The third-order valence-corrected chi connectivity index (χ3v) is 9.69. The number of nitrogens with one attached hydrogen (secondary N) is 1. The number of hydrogen-bond donors (Lipinski definition) is 1. The van der Waals surface area contributed by atoms with E-state index in [-0.39, 0.29) is 11.9 Å². The van der Waals surface area contributed by atoms with Crippen LogP contribution in [-0.2, 0) is 32.3 Å². The highest BCUT2D eigenvalue weighted by atomic mass is 16.2. The molecule has 0 radical (unpaired) electrons.